The molecule has 2 aromatic rings. The predicted molar refractivity (Wildman–Crippen MR) is 116 cm³/mol. The zero-order chi connectivity index (χ0) is 20.6. The normalized spacial score (nSPS) is 15.8. The van der Waals surface area contributed by atoms with Gasteiger partial charge >= 0.3 is 0 Å². The van der Waals surface area contributed by atoms with Crippen molar-refractivity contribution in [3.8, 4) is 11.4 Å². The van der Waals surface area contributed by atoms with E-state index >= 15 is 0 Å². The lowest BCUT2D eigenvalue weighted by atomic mass is 10.1. The average molecular weight is 418 g/mol. The second-order valence-corrected chi connectivity index (χ2v) is 8.23. The summed E-state index contributed by atoms with van der Waals surface area (Å²) in [5.74, 6) is 2.06. The van der Waals surface area contributed by atoms with Crippen molar-refractivity contribution in [1.82, 2.24) is 25.0 Å². The van der Waals surface area contributed by atoms with E-state index in [9.17, 15) is 4.79 Å². The molecule has 1 fully saturated rings. The Kier molecular flexibility index (Phi) is 7.94. The summed E-state index contributed by atoms with van der Waals surface area (Å²) in [6.45, 7) is 7.10. The molecule has 1 aliphatic rings. The number of likely N-dealkylation sites (tertiary alicyclic amines) is 1. The van der Waals surface area contributed by atoms with Gasteiger partial charge in [-0.2, -0.15) is 0 Å². The van der Waals surface area contributed by atoms with Gasteiger partial charge in [0.1, 0.15) is 5.75 Å². The minimum absolute atomic E-state index is 0.0201. The number of methoxy groups -OCH3 is 1. The van der Waals surface area contributed by atoms with Gasteiger partial charge in [-0.05, 0) is 63.5 Å². The van der Waals surface area contributed by atoms with Crippen LogP contribution in [0.2, 0.25) is 0 Å². The third kappa shape index (κ3) is 5.51. The molecule has 0 spiro atoms. The summed E-state index contributed by atoms with van der Waals surface area (Å²) in [5.41, 5.74) is 0.978. The van der Waals surface area contributed by atoms with E-state index in [1.54, 1.807) is 7.11 Å². The molecule has 8 heteroatoms. The minimum Gasteiger partial charge on any atom is -0.497 e. The smallest absolute Gasteiger partial charge is 0.230 e. The molecular formula is C21H31N5O2S. The van der Waals surface area contributed by atoms with Crippen LogP contribution in [0.15, 0.2) is 29.4 Å². The van der Waals surface area contributed by atoms with E-state index in [4.69, 9.17) is 4.74 Å². The van der Waals surface area contributed by atoms with Gasteiger partial charge in [-0.3, -0.25) is 14.3 Å². The fourth-order valence-electron chi connectivity index (χ4n) is 3.53. The van der Waals surface area contributed by atoms with Gasteiger partial charge in [0.15, 0.2) is 11.0 Å². The predicted octanol–water partition coefficient (Wildman–Crippen LogP) is 3.44. The van der Waals surface area contributed by atoms with Gasteiger partial charge in [-0.15, -0.1) is 10.2 Å². The van der Waals surface area contributed by atoms with Crippen LogP contribution in [0.5, 0.6) is 5.75 Å². The fourth-order valence-corrected chi connectivity index (χ4v) is 4.32. The van der Waals surface area contributed by atoms with Crippen molar-refractivity contribution >= 4 is 17.7 Å². The standard InChI is InChI=1S/C21H31N5O2S/c1-4-12-22-19(27)15-29-21-24-23-20(16(2)25-13-6-5-7-14-25)26(21)17-8-10-18(28-3)11-9-17/h8-11,16H,4-7,12-15H2,1-3H3,(H,22,27)/t16-/m0/s1. The van der Waals surface area contributed by atoms with Gasteiger partial charge in [0, 0.05) is 12.2 Å². The molecule has 7 nitrogen and oxygen atoms in total. The monoisotopic (exact) mass is 417 g/mol. The Hall–Kier alpha value is -2.06. The number of ether oxygens (including phenoxy) is 1. The van der Waals surface area contributed by atoms with Gasteiger partial charge in [-0.25, -0.2) is 0 Å². The molecule has 1 atom stereocenters. The fraction of sp³-hybridized carbons (Fsp3) is 0.571. The summed E-state index contributed by atoms with van der Waals surface area (Å²) in [6.07, 6.45) is 4.67. The number of hydrogen-bond donors (Lipinski definition) is 1. The first-order valence-corrected chi connectivity index (χ1v) is 11.4. The van der Waals surface area contributed by atoms with E-state index in [1.165, 1.54) is 31.0 Å². The van der Waals surface area contributed by atoms with Gasteiger partial charge < -0.3 is 10.1 Å². The van der Waals surface area contributed by atoms with E-state index in [1.807, 2.05) is 31.2 Å². The molecule has 0 aliphatic carbocycles. The molecule has 1 aromatic carbocycles. The van der Waals surface area contributed by atoms with Crippen LogP contribution < -0.4 is 10.1 Å². The lowest BCUT2D eigenvalue weighted by Gasteiger charge is -2.31. The molecule has 1 aliphatic heterocycles. The lowest BCUT2D eigenvalue weighted by Crippen LogP contribution is -2.33. The second-order valence-electron chi connectivity index (χ2n) is 7.29. The topological polar surface area (TPSA) is 72.3 Å². The van der Waals surface area contributed by atoms with Crippen LogP contribution in [0.1, 0.15) is 51.4 Å². The molecule has 2 heterocycles. The highest BCUT2D eigenvalue weighted by Gasteiger charge is 2.25. The van der Waals surface area contributed by atoms with Gasteiger partial charge in [-0.1, -0.05) is 25.1 Å². The Balaban J connectivity index is 1.86. The van der Waals surface area contributed by atoms with Crippen LogP contribution in [0.3, 0.4) is 0 Å². The third-order valence-corrected chi connectivity index (χ3v) is 6.13. The Morgan fingerprint density at radius 2 is 1.93 bits per heavy atom. The molecule has 0 bridgehead atoms. The van der Waals surface area contributed by atoms with Crippen molar-refractivity contribution < 1.29 is 9.53 Å². The van der Waals surface area contributed by atoms with E-state index in [2.05, 4.69) is 31.9 Å². The van der Waals surface area contributed by atoms with E-state index < -0.39 is 0 Å². The zero-order valence-corrected chi connectivity index (χ0v) is 18.4. The van der Waals surface area contributed by atoms with Crippen LogP contribution >= 0.6 is 11.8 Å². The number of benzene rings is 1. The second kappa shape index (κ2) is 10.6. The molecule has 29 heavy (non-hydrogen) atoms. The van der Waals surface area contributed by atoms with Crippen LogP contribution in [-0.2, 0) is 4.79 Å². The summed E-state index contributed by atoms with van der Waals surface area (Å²) in [6, 6.07) is 8.06. The van der Waals surface area contributed by atoms with Crippen LogP contribution in [0.25, 0.3) is 5.69 Å². The van der Waals surface area contributed by atoms with Gasteiger partial charge in [0.25, 0.3) is 0 Å². The molecule has 0 radical (unpaired) electrons. The first kappa shape index (κ1) is 21.6. The largest absolute Gasteiger partial charge is 0.497 e. The van der Waals surface area contributed by atoms with Crippen molar-refractivity contribution in [2.24, 2.45) is 0 Å². The van der Waals surface area contributed by atoms with Crippen molar-refractivity contribution in [1.29, 1.82) is 0 Å². The molecule has 3 rings (SSSR count). The number of amides is 1. The number of thioether (sulfide) groups is 1. The molecule has 1 saturated heterocycles. The van der Waals surface area contributed by atoms with Gasteiger partial charge in [0.05, 0.1) is 18.9 Å². The number of aromatic nitrogens is 3. The molecule has 0 unspecified atom stereocenters. The quantitative estimate of drug-likeness (QED) is 0.630. The Labute approximate surface area is 177 Å². The summed E-state index contributed by atoms with van der Waals surface area (Å²) in [5, 5.41) is 12.6. The number of nitrogens with zero attached hydrogens (tertiary/aromatic N) is 4. The van der Waals surface area contributed by atoms with Crippen LogP contribution in [0, 0.1) is 0 Å². The van der Waals surface area contributed by atoms with E-state index in [-0.39, 0.29) is 11.9 Å². The number of nitrogens with one attached hydrogen (secondary N) is 1. The highest BCUT2D eigenvalue weighted by atomic mass is 32.2. The molecule has 1 aromatic heterocycles. The SMILES string of the molecule is CCCNC(=O)CSc1nnc([C@H](C)N2CCCCC2)n1-c1ccc(OC)cc1. The zero-order valence-electron chi connectivity index (χ0n) is 17.6. The molecule has 1 N–H and O–H groups in total. The Morgan fingerprint density at radius 3 is 2.59 bits per heavy atom. The maximum atomic E-state index is 12.1. The molecule has 1 amide bonds. The summed E-state index contributed by atoms with van der Waals surface area (Å²) in [7, 11) is 1.66. The summed E-state index contributed by atoms with van der Waals surface area (Å²) < 4.78 is 7.38. The third-order valence-electron chi connectivity index (χ3n) is 5.21. The van der Waals surface area contributed by atoms with Crippen molar-refractivity contribution in [2.45, 2.75) is 50.7 Å². The number of hydrogen-bond acceptors (Lipinski definition) is 6. The molecule has 0 saturated carbocycles. The summed E-state index contributed by atoms with van der Waals surface area (Å²) >= 11 is 1.42. The molecule has 158 valence electrons. The maximum Gasteiger partial charge on any atom is 0.230 e. The van der Waals surface area contributed by atoms with Crippen molar-refractivity contribution in [2.75, 3.05) is 32.5 Å². The number of carbonyl (C=O) groups excluding carboxylic acids is 1. The lowest BCUT2D eigenvalue weighted by molar-refractivity contribution is -0.118. The first-order chi connectivity index (χ1) is 14.1. The van der Waals surface area contributed by atoms with Crippen molar-refractivity contribution in [3.05, 3.63) is 30.1 Å². The number of carbonyl (C=O) groups is 1. The average Bonchev–Trinajstić information content (AvgIpc) is 3.20. The number of piperidine rings is 1. The van der Waals surface area contributed by atoms with Crippen LogP contribution in [-0.4, -0.2) is 58.1 Å². The summed E-state index contributed by atoms with van der Waals surface area (Å²) in [4.78, 5) is 14.5. The highest BCUT2D eigenvalue weighted by molar-refractivity contribution is 7.99. The molecular weight excluding hydrogens is 386 g/mol. The van der Waals surface area contributed by atoms with Gasteiger partial charge in [0.2, 0.25) is 5.91 Å². The van der Waals surface area contributed by atoms with E-state index in [0.717, 1.165) is 41.9 Å². The minimum atomic E-state index is 0.0201. The highest BCUT2D eigenvalue weighted by Crippen LogP contribution is 2.30. The maximum absolute atomic E-state index is 12.1. The Bertz CT molecular complexity index is 787. The van der Waals surface area contributed by atoms with E-state index in [0.29, 0.717) is 12.3 Å². The Morgan fingerprint density at radius 1 is 1.21 bits per heavy atom. The van der Waals surface area contributed by atoms with Crippen LogP contribution in [0.4, 0.5) is 0 Å². The number of rotatable bonds is 9. The van der Waals surface area contributed by atoms with Crippen molar-refractivity contribution in [3.63, 3.8) is 0 Å². The first-order valence-electron chi connectivity index (χ1n) is 10.4.